The quantitative estimate of drug-likeness (QED) is 0.921. The van der Waals surface area contributed by atoms with Crippen LogP contribution in [0.3, 0.4) is 0 Å². The Balaban J connectivity index is 1.41. The van der Waals surface area contributed by atoms with Crippen molar-refractivity contribution in [2.45, 2.75) is 44.6 Å². The average Bonchev–Trinajstić information content (AvgIpc) is 3.27. The number of carbonyl (C=O) groups excluding carboxylic acids is 1. The van der Waals surface area contributed by atoms with Gasteiger partial charge in [0, 0.05) is 31.5 Å². The SMILES string of the molecule is CC1(C)C[C@@]1(C(=O)NC1CCN(c2cnccn2)CC1)c1ccccc1. The van der Waals surface area contributed by atoms with Gasteiger partial charge in [-0.15, -0.1) is 0 Å². The first-order chi connectivity index (χ1) is 12.5. The van der Waals surface area contributed by atoms with E-state index in [1.165, 1.54) is 0 Å². The smallest absolute Gasteiger partial charge is 0.231 e. The summed E-state index contributed by atoms with van der Waals surface area (Å²) in [6, 6.07) is 10.5. The van der Waals surface area contributed by atoms with Crippen LogP contribution in [-0.2, 0) is 10.2 Å². The Labute approximate surface area is 154 Å². The molecule has 1 amide bonds. The summed E-state index contributed by atoms with van der Waals surface area (Å²) in [5.74, 6) is 1.10. The van der Waals surface area contributed by atoms with E-state index in [0.717, 1.165) is 43.7 Å². The molecule has 1 N–H and O–H groups in total. The Morgan fingerprint density at radius 3 is 2.42 bits per heavy atom. The van der Waals surface area contributed by atoms with Crippen LogP contribution in [0.2, 0.25) is 0 Å². The van der Waals surface area contributed by atoms with Crippen molar-refractivity contribution >= 4 is 11.7 Å². The Morgan fingerprint density at radius 1 is 1.15 bits per heavy atom. The molecule has 0 radical (unpaired) electrons. The lowest BCUT2D eigenvalue weighted by Crippen LogP contribution is -2.48. The molecule has 1 aliphatic carbocycles. The summed E-state index contributed by atoms with van der Waals surface area (Å²) in [7, 11) is 0. The number of hydrogen-bond donors (Lipinski definition) is 1. The van der Waals surface area contributed by atoms with Crippen molar-refractivity contribution in [2.24, 2.45) is 5.41 Å². The number of nitrogens with zero attached hydrogens (tertiary/aromatic N) is 3. The third-order valence-electron chi connectivity index (χ3n) is 6.10. The van der Waals surface area contributed by atoms with E-state index in [9.17, 15) is 4.79 Å². The van der Waals surface area contributed by atoms with Crippen LogP contribution in [0.4, 0.5) is 5.82 Å². The summed E-state index contributed by atoms with van der Waals surface area (Å²) in [5, 5.41) is 3.35. The standard InChI is InChI=1S/C21H26N4O/c1-20(2)15-21(20,16-6-4-3-5-7-16)19(26)24-17-8-12-25(13-9-17)18-14-22-10-11-23-18/h3-7,10-11,14,17H,8-9,12-13,15H2,1-2H3,(H,24,26)/t21-/m0/s1. The fourth-order valence-corrected chi connectivity index (χ4v) is 4.37. The molecule has 136 valence electrons. The zero-order valence-electron chi connectivity index (χ0n) is 15.5. The van der Waals surface area contributed by atoms with Crippen molar-refractivity contribution in [1.82, 2.24) is 15.3 Å². The molecule has 2 heterocycles. The van der Waals surface area contributed by atoms with Crippen molar-refractivity contribution in [3.05, 3.63) is 54.5 Å². The van der Waals surface area contributed by atoms with E-state index in [-0.39, 0.29) is 22.8 Å². The highest BCUT2D eigenvalue weighted by Gasteiger charge is 2.67. The van der Waals surface area contributed by atoms with E-state index in [1.54, 1.807) is 18.6 Å². The van der Waals surface area contributed by atoms with Crippen LogP contribution in [0.5, 0.6) is 0 Å². The monoisotopic (exact) mass is 350 g/mol. The first-order valence-electron chi connectivity index (χ1n) is 9.40. The number of nitrogens with one attached hydrogen (secondary N) is 1. The van der Waals surface area contributed by atoms with Gasteiger partial charge in [0.1, 0.15) is 5.82 Å². The minimum Gasteiger partial charge on any atom is -0.355 e. The number of aromatic nitrogens is 2. The van der Waals surface area contributed by atoms with Gasteiger partial charge in [-0.3, -0.25) is 9.78 Å². The lowest BCUT2D eigenvalue weighted by atomic mass is 9.86. The van der Waals surface area contributed by atoms with Gasteiger partial charge >= 0.3 is 0 Å². The Morgan fingerprint density at radius 2 is 1.85 bits per heavy atom. The third kappa shape index (κ3) is 2.85. The Bertz CT molecular complexity index is 769. The molecule has 2 fully saturated rings. The second kappa shape index (κ2) is 6.38. The molecule has 0 spiro atoms. The van der Waals surface area contributed by atoms with Gasteiger partial charge in [-0.1, -0.05) is 44.2 Å². The average molecular weight is 350 g/mol. The van der Waals surface area contributed by atoms with Crippen LogP contribution in [0, 0.1) is 5.41 Å². The highest BCUT2D eigenvalue weighted by Crippen LogP contribution is 2.64. The predicted molar refractivity (Wildman–Crippen MR) is 102 cm³/mol. The maximum Gasteiger partial charge on any atom is 0.231 e. The first-order valence-corrected chi connectivity index (χ1v) is 9.40. The van der Waals surface area contributed by atoms with Gasteiger partial charge in [0.05, 0.1) is 11.6 Å². The van der Waals surface area contributed by atoms with Gasteiger partial charge in [0.15, 0.2) is 0 Å². The van der Waals surface area contributed by atoms with Crippen molar-refractivity contribution in [3.63, 3.8) is 0 Å². The van der Waals surface area contributed by atoms with Crippen LogP contribution in [0.25, 0.3) is 0 Å². The van der Waals surface area contributed by atoms with E-state index >= 15 is 0 Å². The second-order valence-electron chi connectivity index (χ2n) is 8.13. The molecular weight excluding hydrogens is 324 g/mol. The zero-order chi connectivity index (χ0) is 18.2. The van der Waals surface area contributed by atoms with Crippen LogP contribution in [0.1, 0.15) is 38.7 Å². The van der Waals surface area contributed by atoms with E-state index in [0.29, 0.717) is 0 Å². The molecule has 2 aromatic rings. The zero-order valence-corrected chi connectivity index (χ0v) is 15.5. The van der Waals surface area contributed by atoms with Crippen LogP contribution in [-0.4, -0.2) is 35.0 Å². The normalized spacial score (nSPS) is 24.9. The number of amides is 1. The molecule has 0 unspecified atom stereocenters. The van der Waals surface area contributed by atoms with E-state index < -0.39 is 0 Å². The van der Waals surface area contributed by atoms with E-state index in [2.05, 4.69) is 46.2 Å². The number of benzene rings is 1. The Hall–Kier alpha value is -2.43. The summed E-state index contributed by atoms with van der Waals surface area (Å²) >= 11 is 0. The van der Waals surface area contributed by atoms with Crippen molar-refractivity contribution < 1.29 is 4.79 Å². The maximum atomic E-state index is 13.2. The molecular formula is C21H26N4O. The van der Waals surface area contributed by atoms with E-state index in [4.69, 9.17) is 0 Å². The number of carbonyl (C=O) groups is 1. The van der Waals surface area contributed by atoms with Crippen LogP contribution in [0.15, 0.2) is 48.9 Å². The lowest BCUT2D eigenvalue weighted by Gasteiger charge is -2.34. The lowest BCUT2D eigenvalue weighted by molar-refractivity contribution is -0.125. The Kier molecular flexibility index (Phi) is 4.17. The molecule has 1 aromatic carbocycles. The van der Waals surface area contributed by atoms with Gasteiger partial charge in [-0.2, -0.15) is 0 Å². The van der Waals surface area contributed by atoms with Crippen molar-refractivity contribution in [1.29, 1.82) is 0 Å². The summed E-state index contributed by atoms with van der Waals surface area (Å²) in [6.45, 7) is 6.17. The highest BCUT2D eigenvalue weighted by atomic mass is 16.2. The molecule has 26 heavy (non-hydrogen) atoms. The third-order valence-corrected chi connectivity index (χ3v) is 6.10. The number of piperidine rings is 1. The van der Waals surface area contributed by atoms with E-state index in [1.807, 2.05) is 18.2 Å². The molecule has 2 aliphatic rings. The molecule has 1 aliphatic heterocycles. The molecule has 4 rings (SSSR count). The van der Waals surface area contributed by atoms with Crippen LogP contribution < -0.4 is 10.2 Å². The first kappa shape index (κ1) is 17.0. The number of hydrogen-bond acceptors (Lipinski definition) is 4. The molecule has 5 heteroatoms. The molecule has 1 atom stereocenters. The topological polar surface area (TPSA) is 58.1 Å². The summed E-state index contributed by atoms with van der Waals surface area (Å²) in [4.78, 5) is 24.0. The minimum atomic E-state index is -0.379. The highest BCUT2D eigenvalue weighted by molar-refractivity contribution is 5.93. The van der Waals surface area contributed by atoms with Gasteiger partial charge in [0.25, 0.3) is 0 Å². The molecule has 1 saturated heterocycles. The maximum absolute atomic E-state index is 13.2. The van der Waals surface area contributed by atoms with Gasteiger partial charge in [-0.05, 0) is 30.2 Å². The molecule has 5 nitrogen and oxygen atoms in total. The summed E-state index contributed by atoms with van der Waals surface area (Å²) in [6.07, 6.45) is 8.00. The van der Waals surface area contributed by atoms with Crippen LogP contribution >= 0.6 is 0 Å². The predicted octanol–water partition coefficient (Wildman–Crippen LogP) is 2.93. The molecule has 1 aromatic heterocycles. The van der Waals surface area contributed by atoms with Gasteiger partial charge in [0.2, 0.25) is 5.91 Å². The van der Waals surface area contributed by atoms with Gasteiger partial charge in [-0.25, -0.2) is 4.98 Å². The molecule has 1 saturated carbocycles. The number of anilines is 1. The minimum absolute atomic E-state index is 0.0127. The van der Waals surface area contributed by atoms with Crippen molar-refractivity contribution in [2.75, 3.05) is 18.0 Å². The molecule has 0 bridgehead atoms. The summed E-state index contributed by atoms with van der Waals surface area (Å²) in [5.41, 5.74) is 0.772. The fraction of sp³-hybridized carbons (Fsp3) is 0.476. The number of rotatable bonds is 4. The second-order valence-corrected chi connectivity index (χ2v) is 8.13. The largest absolute Gasteiger partial charge is 0.355 e. The van der Waals surface area contributed by atoms with Crippen molar-refractivity contribution in [3.8, 4) is 0 Å². The summed E-state index contributed by atoms with van der Waals surface area (Å²) < 4.78 is 0. The fourth-order valence-electron chi connectivity index (χ4n) is 4.37. The van der Waals surface area contributed by atoms with Gasteiger partial charge < -0.3 is 10.2 Å².